The van der Waals surface area contributed by atoms with Gasteiger partial charge in [-0.2, -0.15) is 0 Å². The lowest BCUT2D eigenvalue weighted by molar-refractivity contribution is 0.448. The van der Waals surface area contributed by atoms with Gasteiger partial charge in [0.2, 0.25) is 0 Å². The molecule has 0 fully saturated rings. The molecule has 2 nitrogen and oxygen atoms in total. The molecule has 0 N–H and O–H groups in total. The molecular formula is C10H7NO. The topological polar surface area (TPSA) is 26.0 Å². The zero-order chi connectivity index (χ0) is 7.97. The van der Waals surface area contributed by atoms with Crippen molar-refractivity contribution in [3.8, 4) is 0 Å². The van der Waals surface area contributed by atoms with Crippen LogP contribution >= 0.6 is 0 Å². The van der Waals surface area contributed by atoms with Gasteiger partial charge in [-0.05, 0) is 11.6 Å². The Labute approximate surface area is 69.5 Å². The summed E-state index contributed by atoms with van der Waals surface area (Å²) in [5.41, 5.74) is 3.17. The van der Waals surface area contributed by atoms with Crippen molar-refractivity contribution in [2.24, 2.45) is 0 Å². The molecule has 0 unspecified atom stereocenters. The van der Waals surface area contributed by atoms with Crippen molar-refractivity contribution in [3.63, 3.8) is 0 Å². The van der Waals surface area contributed by atoms with Gasteiger partial charge in [0.1, 0.15) is 0 Å². The van der Waals surface area contributed by atoms with Crippen LogP contribution in [0.2, 0.25) is 0 Å². The lowest BCUT2D eigenvalue weighted by atomic mass is 10.0. The van der Waals surface area contributed by atoms with Gasteiger partial charge in [-0.3, -0.25) is 0 Å². The first-order chi connectivity index (χ1) is 5.95. The molecule has 1 aromatic heterocycles. The summed E-state index contributed by atoms with van der Waals surface area (Å²) in [6.45, 7) is 0. The lowest BCUT2D eigenvalue weighted by Gasteiger charge is -2.01. The zero-order valence-corrected chi connectivity index (χ0v) is 6.45. The Kier molecular flexibility index (Phi) is 0.987. The minimum absolute atomic E-state index is 0.893. The first-order valence-electron chi connectivity index (χ1n) is 3.99. The summed E-state index contributed by atoms with van der Waals surface area (Å²) in [6, 6.07) is 6.02. The van der Waals surface area contributed by atoms with Gasteiger partial charge in [-0.15, -0.1) is 0 Å². The summed E-state index contributed by atoms with van der Waals surface area (Å²) in [7, 11) is 0. The van der Waals surface area contributed by atoms with E-state index in [-0.39, 0.29) is 0 Å². The van der Waals surface area contributed by atoms with Gasteiger partial charge in [-0.1, -0.05) is 29.4 Å². The number of nitrogens with zero attached hydrogens (tertiary/aromatic N) is 1. The number of benzene rings is 1. The van der Waals surface area contributed by atoms with E-state index >= 15 is 0 Å². The normalized spacial score (nSPS) is 14.0. The van der Waals surface area contributed by atoms with Crippen molar-refractivity contribution >= 4 is 17.0 Å². The summed E-state index contributed by atoms with van der Waals surface area (Å²) >= 11 is 0. The molecule has 3 rings (SSSR count). The Bertz CT molecular complexity index is 468. The van der Waals surface area contributed by atoms with Crippen molar-refractivity contribution in [1.82, 2.24) is 5.16 Å². The van der Waals surface area contributed by atoms with Crippen molar-refractivity contribution < 1.29 is 4.52 Å². The van der Waals surface area contributed by atoms with E-state index in [1.165, 1.54) is 10.9 Å². The highest BCUT2D eigenvalue weighted by atomic mass is 16.5. The number of hydrogen-bond acceptors (Lipinski definition) is 2. The Hall–Kier alpha value is -1.57. The molecule has 1 heterocycles. The van der Waals surface area contributed by atoms with Crippen LogP contribution in [0.5, 0.6) is 0 Å². The third kappa shape index (κ3) is 0.619. The highest BCUT2D eigenvalue weighted by Crippen LogP contribution is 2.27. The molecule has 0 radical (unpaired) electrons. The molecule has 0 spiro atoms. The van der Waals surface area contributed by atoms with Crippen LogP contribution in [0.1, 0.15) is 11.3 Å². The van der Waals surface area contributed by atoms with Crippen molar-refractivity contribution in [3.05, 3.63) is 35.5 Å². The second-order valence-electron chi connectivity index (χ2n) is 2.96. The molecule has 0 saturated heterocycles. The average molecular weight is 157 g/mol. The van der Waals surface area contributed by atoms with Crippen molar-refractivity contribution in [1.29, 1.82) is 0 Å². The van der Waals surface area contributed by atoms with Gasteiger partial charge in [0.25, 0.3) is 0 Å². The predicted molar refractivity (Wildman–Crippen MR) is 46.7 cm³/mol. The predicted octanol–water partition coefficient (Wildman–Crippen LogP) is 2.40. The molecular weight excluding hydrogens is 150 g/mol. The van der Waals surface area contributed by atoms with E-state index in [4.69, 9.17) is 4.52 Å². The van der Waals surface area contributed by atoms with Gasteiger partial charge in [0.15, 0.2) is 5.58 Å². The van der Waals surface area contributed by atoms with Crippen LogP contribution < -0.4 is 0 Å². The van der Waals surface area contributed by atoms with E-state index in [0.29, 0.717) is 0 Å². The van der Waals surface area contributed by atoms with Crippen LogP contribution in [-0.4, -0.2) is 5.16 Å². The fourth-order valence-electron chi connectivity index (χ4n) is 1.66. The number of hydrogen-bond donors (Lipinski definition) is 0. The maximum Gasteiger partial charge on any atom is 0.167 e. The highest BCUT2D eigenvalue weighted by molar-refractivity contribution is 5.90. The first-order valence-corrected chi connectivity index (χ1v) is 3.99. The maximum absolute atomic E-state index is 5.17. The summed E-state index contributed by atoms with van der Waals surface area (Å²) < 4.78 is 5.17. The first kappa shape index (κ1) is 6.00. The van der Waals surface area contributed by atoms with Crippen LogP contribution in [0.25, 0.3) is 17.0 Å². The molecule has 58 valence electrons. The van der Waals surface area contributed by atoms with E-state index in [2.05, 4.69) is 23.4 Å². The van der Waals surface area contributed by atoms with Gasteiger partial charge < -0.3 is 4.52 Å². The molecule has 1 aliphatic rings. The molecule has 1 aromatic carbocycles. The molecule has 0 amide bonds. The summed E-state index contributed by atoms with van der Waals surface area (Å²) in [5, 5.41) is 5.18. The summed E-state index contributed by atoms with van der Waals surface area (Å²) in [4.78, 5) is 0. The van der Waals surface area contributed by atoms with E-state index in [1.807, 2.05) is 12.1 Å². The number of allylic oxidation sites excluding steroid dienone is 1. The van der Waals surface area contributed by atoms with Crippen molar-refractivity contribution in [2.75, 3.05) is 0 Å². The second-order valence-corrected chi connectivity index (χ2v) is 2.96. The second kappa shape index (κ2) is 1.97. The van der Waals surface area contributed by atoms with Crippen LogP contribution in [0, 0.1) is 0 Å². The fourth-order valence-corrected chi connectivity index (χ4v) is 1.66. The quantitative estimate of drug-likeness (QED) is 0.586. The Morgan fingerprint density at radius 1 is 1.33 bits per heavy atom. The molecule has 1 aliphatic carbocycles. The van der Waals surface area contributed by atoms with E-state index in [1.54, 1.807) is 0 Å². The molecule has 0 atom stereocenters. The smallest absolute Gasteiger partial charge is 0.167 e. The Balaban J connectivity index is 2.57. The maximum atomic E-state index is 5.17. The summed E-state index contributed by atoms with van der Waals surface area (Å²) in [6.07, 6.45) is 5.12. The fraction of sp³-hybridized carbons (Fsp3) is 0.100. The highest BCUT2D eigenvalue weighted by Gasteiger charge is 2.12. The van der Waals surface area contributed by atoms with E-state index in [9.17, 15) is 0 Å². The lowest BCUT2D eigenvalue weighted by Crippen LogP contribution is -1.88. The van der Waals surface area contributed by atoms with Crippen LogP contribution in [-0.2, 0) is 6.42 Å². The molecule has 2 aromatic rings. The third-order valence-corrected chi connectivity index (χ3v) is 2.21. The monoisotopic (exact) mass is 157 g/mol. The Morgan fingerprint density at radius 2 is 2.33 bits per heavy atom. The number of rotatable bonds is 0. The van der Waals surface area contributed by atoms with Crippen LogP contribution in [0.15, 0.2) is 28.8 Å². The number of aromatic nitrogens is 1. The van der Waals surface area contributed by atoms with Crippen molar-refractivity contribution in [2.45, 2.75) is 6.42 Å². The largest absolute Gasteiger partial charge is 0.356 e. The molecule has 0 bridgehead atoms. The zero-order valence-electron chi connectivity index (χ0n) is 6.45. The molecule has 2 heteroatoms. The van der Waals surface area contributed by atoms with Gasteiger partial charge in [0, 0.05) is 6.42 Å². The molecule has 0 saturated carbocycles. The SMILES string of the molecule is C1=Cc2cccc3onc(c23)C1. The minimum atomic E-state index is 0.893. The molecule has 12 heavy (non-hydrogen) atoms. The van der Waals surface area contributed by atoms with Gasteiger partial charge in [-0.25, -0.2) is 0 Å². The van der Waals surface area contributed by atoms with Gasteiger partial charge >= 0.3 is 0 Å². The minimum Gasteiger partial charge on any atom is -0.356 e. The van der Waals surface area contributed by atoms with E-state index in [0.717, 1.165) is 17.7 Å². The standard InChI is InChI=1S/C10H7NO/c1-3-7-4-2-6-9-10(7)8(5-1)11-12-9/h1-4,6H,5H2. The van der Waals surface area contributed by atoms with E-state index < -0.39 is 0 Å². The van der Waals surface area contributed by atoms with Gasteiger partial charge in [0.05, 0.1) is 11.1 Å². The molecule has 0 aliphatic heterocycles. The van der Waals surface area contributed by atoms with Crippen LogP contribution in [0.3, 0.4) is 0 Å². The third-order valence-electron chi connectivity index (χ3n) is 2.21. The average Bonchev–Trinajstić information content (AvgIpc) is 2.52. The van der Waals surface area contributed by atoms with Crippen LogP contribution in [0.4, 0.5) is 0 Å². The summed E-state index contributed by atoms with van der Waals surface area (Å²) in [5.74, 6) is 0. The Morgan fingerprint density at radius 3 is 3.33 bits per heavy atom.